The molecule has 9 heteroatoms. The van der Waals surface area contributed by atoms with Crippen LogP contribution in [-0.4, -0.2) is 68.5 Å². The van der Waals surface area contributed by atoms with Crippen LogP contribution in [0.3, 0.4) is 0 Å². The number of unbranched alkanes of at least 4 members (excludes halogenated alkanes) is 26. The van der Waals surface area contributed by atoms with E-state index in [1.54, 1.807) is 0 Å². The lowest BCUT2D eigenvalue weighted by Gasteiger charge is -2.30. The standard InChI is InChI=1S/C41H85N2O6P/c1-6-8-10-12-14-16-17-18-19-20-21-22-23-24-25-26-27-29-31-33-35-41(45)42-39(38-49-50(46,47)48-37-36-43(3,4)5)40(44)34-32-30-28-15-13-11-9-7-2/h39-40,44H,6-38H2,1-5H3,(H-,42,45,46,47). The molecule has 0 aliphatic carbocycles. The van der Waals surface area contributed by atoms with Crippen molar-refractivity contribution >= 4 is 13.7 Å². The number of carbonyl (C=O) groups is 1. The number of quaternary nitrogens is 1. The molecule has 0 saturated carbocycles. The molecule has 300 valence electrons. The van der Waals surface area contributed by atoms with E-state index in [1.807, 2.05) is 21.1 Å². The Kier molecular flexibility index (Phi) is 33.9. The molecular formula is C41H85N2O6P. The highest BCUT2D eigenvalue weighted by Crippen LogP contribution is 2.38. The largest absolute Gasteiger partial charge is 0.756 e. The van der Waals surface area contributed by atoms with Gasteiger partial charge < -0.3 is 28.8 Å². The summed E-state index contributed by atoms with van der Waals surface area (Å²) in [5.74, 6) is -0.164. The first-order valence-electron chi connectivity index (χ1n) is 21.4. The molecule has 0 spiro atoms. The van der Waals surface area contributed by atoms with Crippen molar-refractivity contribution in [1.29, 1.82) is 0 Å². The minimum absolute atomic E-state index is 0.0154. The Morgan fingerprint density at radius 1 is 0.620 bits per heavy atom. The number of hydrogen-bond acceptors (Lipinski definition) is 6. The van der Waals surface area contributed by atoms with Crippen molar-refractivity contribution in [3.05, 3.63) is 0 Å². The van der Waals surface area contributed by atoms with E-state index in [-0.39, 0.29) is 19.1 Å². The van der Waals surface area contributed by atoms with E-state index >= 15 is 0 Å². The zero-order chi connectivity index (χ0) is 37.2. The second kappa shape index (κ2) is 34.3. The first kappa shape index (κ1) is 49.5. The van der Waals surface area contributed by atoms with Gasteiger partial charge in [-0.1, -0.05) is 187 Å². The molecule has 0 aromatic heterocycles. The molecular weight excluding hydrogens is 647 g/mol. The van der Waals surface area contributed by atoms with E-state index in [0.29, 0.717) is 23.9 Å². The van der Waals surface area contributed by atoms with Gasteiger partial charge in [0.15, 0.2) is 0 Å². The van der Waals surface area contributed by atoms with Crippen LogP contribution in [0.2, 0.25) is 0 Å². The molecule has 0 aliphatic heterocycles. The van der Waals surface area contributed by atoms with Crippen LogP contribution in [0, 0.1) is 0 Å². The number of likely N-dealkylation sites (N-methyl/N-ethyl adjacent to an activating group) is 1. The van der Waals surface area contributed by atoms with E-state index in [4.69, 9.17) is 9.05 Å². The predicted octanol–water partition coefficient (Wildman–Crippen LogP) is 10.8. The van der Waals surface area contributed by atoms with Crippen LogP contribution in [0.1, 0.15) is 206 Å². The molecule has 3 unspecified atom stereocenters. The average Bonchev–Trinajstić information content (AvgIpc) is 3.06. The molecule has 0 aromatic carbocycles. The summed E-state index contributed by atoms with van der Waals surface area (Å²) in [6.07, 6.45) is 35.5. The van der Waals surface area contributed by atoms with Gasteiger partial charge in [0.25, 0.3) is 7.82 Å². The van der Waals surface area contributed by atoms with Gasteiger partial charge in [0.2, 0.25) is 5.91 Å². The van der Waals surface area contributed by atoms with Gasteiger partial charge in [-0.15, -0.1) is 0 Å². The highest BCUT2D eigenvalue weighted by molar-refractivity contribution is 7.45. The predicted molar refractivity (Wildman–Crippen MR) is 210 cm³/mol. The van der Waals surface area contributed by atoms with Crippen LogP contribution in [0.25, 0.3) is 0 Å². The Labute approximate surface area is 310 Å². The monoisotopic (exact) mass is 733 g/mol. The second-order valence-electron chi connectivity index (χ2n) is 16.1. The number of hydrogen-bond donors (Lipinski definition) is 2. The molecule has 3 atom stereocenters. The highest BCUT2D eigenvalue weighted by Gasteiger charge is 2.24. The number of phosphoric ester groups is 1. The zero-order valence-corrected chi connectivity index (χ0v) is 34.8. The number of amides is 1. The van der Waals surface area contributed by atoms with Crippen LogP contribution >= 0.6 is 7.82 Å². The van der Waals surface area contributed by atoms with Crippen molar-refractivity contribution in [3.63, 3.8) is 0 Å². The van der Waals surface area contributed by atoms with Crippen LogP contribution in [0.4, 0.5) is 0 Å². The number of phosphoric acid groups is 1. The molecule has 8 nitrogen and oxygen atoms in total. The SMILES string of the molecule is CCCCCCCCCCCCCCCCCCCCCCC(=O)NC(COP(=O)([O-])OCC[N+](C)(C)C)C(O)CCCCCCCCCC. The summed E-state index contributed by atoms with van der Waals surface area (Å²) in [5.41, 5.74) is 0. The molecule has 1 amide bonds. The van der Waals surface area contributed by atoms with Gasteiger partial charge >= 0.3 is 0 Å². The van der Waals surface area contributed by atoms with Crippen LogP contribution in [-0.2, 0) is 18.4 Å². The molecule has 0 heterocycles. The maximum absolute atomic E-state index is 12.8. The van der Waals surface area contributed by atoms with Crippen LogP contribution in [0.5, 0.6) is 0 Å². The molecule has 0 radical (unpaired) electrons. The zero-order valence-electron chi connectivity index (χ0n) is 33.9. The third-order valence-electron chi connectivity index (χ3n) is 9.85. The van der Waals surface area contributed by atoms with E-state index < -0.39 is 20.0 Å². The Morgan fingerprint density at radius 2 is 0.980 bits per heavy atom. The maximum Gasteiger partial charge on any atom is 0.268 e. The van der Waals surface area contributed by atoms with Crippen molar-refractivity contribution in [1.82, 2.24) is 5.32 Å². The molecule has 0 rings (SSSR count). The minimum atomic E-state index is -4.55. The van der Waals surface area contributed by atoms with E-state index in [2.05, 4.69) is 19.2 Å². The third kappa shape index (κ3) is 35.9. The second-order valence-corrected chi connectivity index (χ2v) is 17.5. The van der Waals surface area contributed by atoms with Gasteiger partial charge in [-0.2, -0.15) is 0 Å². The van der Waals surface area contributed by atoms with Crippen molar-refractivity contribution in [2.45, 2.75) is 219 Å². The first-order valence-corrected chi connectivity index (χ1v) is 22.8. The van der Waals surface area contributed by atoms with Gasteiger partial charge in [0.05, 0.1) is 39.9 Å². The van der Waals surface area contributed by atoms with E-state index in [1.165, 1.54) is 141 Å². The summed E-state index contributed by atoms with van der Waals surface area (Å²) in [7, 11) is 1.31. The Bertz CT molecular complexity index is 794. The van der Waals surface area contributed by atoms with Crippen LogP contribution in [0.15, 0.2) is 0 Å². The minimum Gasteiger partial charge on any atom is -0.756 e. The molecule has 0 aromatic rings. The number of aliphatic hydroxyl groups is 1. The summed E-state index contributed by atoms with van der Waals surface area (Å²) in [6, 6.07) is -0.790. The first-order chi connectivity index (χ1) is 24.0. The van der Waals surface area contributed by atoms with Gasteiger partial charge in [0, 0.05) is 6.42 Å². The molecule has 50 heavy (non-hydrogen) atoms. The summed E-state index contributed by atoms with van der Waals surface area (Å²) >= 11 is 0. The Hall–Kier alpha value is -0.500. The number of nitrogens with one attached hydrogen (secondary N) is 1. The van der Waals surface area contributed by atoms with Crippen molar-refractivity contribution < 1.29 is 32.9 Å². The van der Waals surface area contributed by atoms with Gasteiger partial charge in [-0.05, 0) is 12.8 Å². The van der Waals surface area contributed by atoms with Gasteiger partial charge in [0.1, 0.15) is 13.2 Å². The van der Waals surface area contributed by atoms with Crippen molar-refractivity contribution in [2.24, 2.45) is 0 Å². The van der Waals surface area contributed by atoms with E-state index in [9.17, 15) is 19.4 Å². The fraction of sp³-hybridized carbons (Fsp3) is 0.976. The van der Waals surface area contributed by atoms with Gasteiger partial charge in [-0.25, -0.2) is 0 Å². The molecule has 0 bridgehead atoms. The molecule has 0 fully saturated rings. The number of aliphatic hydroxyl groups excluding tert-OH is 1. The summed E-state index contributed by atoms with van der Waals surface area (Å²) < 4.78 is 23.1. The van der Waals surface area contributed by atoms with Gasteiger partial charge in [-0.3, -0.25) is 9.36 Å². The molecule has 0 saturated heterocycles. The summed E-state index contributed by atoms with van der Waals surface area (Å²) in [4.78, 5) is 25.2. The van der Waals surface area contributed by atoms with Crippen LogP contribution < -0.4 is 10.2 Å². The maximum atomic E-state index is 12.8. The lowest BCUT2D eigenvalue weighted by atomic mass is 10.0. The normalized spacial score (nSPS) is 14.5. The Morgan fingerprint density at radius 3 is 1.36 bits per heavy atom. The average molecular weight is 733 g/mol. The lowest BCUT2D eigenvalue weighted by Crippen LogP contribution is -2.46. The topological polar surface area (TPSA) is 108 Å². The number of rotatable bonds is 39. The Balaban J connectivity index is 4.17. The lowest BCUT2D eigenvalue weighted by molar-refractivity contribution is -0.870. The van der Waals surface area contributed by atoms with E-state index in [0.717, 1.165) is 38.5 Å². The smallest absolute Gasteiger partial charge is 0.268 e. The molecule has 2 N–H and O–H groups in total. The highest BCUT2D eigenvalue weighted by atomic mass is 31.2. The number of nitrogens with zero attached hydrogens (tertiary/aromatic N) is 1. The third-order valence-corrected chi connectivity index (χ3v) is 10.8. The van der Waals surface area contributed by atoms with Crippen molar-refractivity contribution in [3.8, 4) is 0 Å². The fourth-order valence-corrected chi connectivity index (χ4v) is 7.12. The van der Waals surface area contributed by atoms with Crippen molar-refractivity contribution in [2.75, 3.05) is 40.9 Å². The quantitative estimate of drug-likeness (QED) is 0.0370. The summed E-state index contributed by atoms with van der Waals surface area (Å²) in [6.45, 7) is 4.70. The number of carbonyl (C=O) groups excluding carboxylic acids is 1. The summed E-state index contributed by atoms with van der Waals surface area (Å²) in [5, 5.41) is 13.8. The fourth-order valence-electron chi connectivity index (χ4n) is 6.39. The molecule has 0 aliphatic rings.